The Morgan fingerprint density at radius 2 is 1.76 bits per heavy atom. The van der Waals surface area contributed by atoms with Gasteiger partial charge in [-0.25, -0.2) is 13.6 Å². The van der Waals surface area contributed by atoms with E-state index in [0.29, 0.717) is 23.1 Å². The minimum atomic E-state index is -4.49. The highest BCUT2D eigenvalue weighted by molar-refractivity contribution is 7.89. The number of sulfonamides is 1. The Labute approximate surface area is 190 Å². The molecule has 33 heavy (non-hydrogen) atoms. The molecule has 1 heterocycles. The fourth-order valence-corrected chi connectivity index (χ4v) is 5.26. The van der Waals surface area contributed by atoms with Gasteiger partial charge in [0.1, 0.15) is 0 Å². The third kappa shape index (κ3) is 4.96. The zero-order valence-electron chi connectivity index (χ0n) is 18.0. The average molecular weight is 480 g/mol. The van der Waals surface area contributed by atoms with Crippen LogP contribution in [0.5, 0.6) is 0 Å². The first-order valence-corrected chi connectivity index (χ1v) is 12.3. The second-order valence-corrected chi connectivity index (χ2v) is 9.81. The predicted octanol–water partition coefficient (Wildman–Crippen LogP) is 5.68. The monoisotopic (exact) mass is 479 g/mol. The second-order valence-electron chi connectivity index (χ2n) is 8.28. The number of hydrogen-bond acceptors (Lipinski definition) is 5. The van der Waals surface area contributed by atoms with Crippen LogP contribution in [-0.4, -0.2) is 18.6 Å². The van der Waals surface area contributed by atoms with Gasteiger partial charge in [-0.1, -0.05) is 37.4 Å². The molecule has 0 bridgehead atoms. The van der Waals surface area contributed by atoms with Gasteiger partial charge in [-0.3, -0.25) is 0 Å². The Balaban J connectivity index is 1.70. The van der Waals surface area contributed by atoms with Crippen LogP contribution in [0.3, 0.4) is 0 Å². The molecule has 0 atom stereocenters. The normalized spacial score (nSPS) is 15.7. The molecule has 2 N–H and O–H groups in total. The largest absolute Gasteiger partial charge is 0.416 e. The Kier molecular flexibility index (Phi) is 6.32. The van der Waals surface area contributed by atoms with E-state index in [0.717, 1.165) is 38.2 Å². The molecule has 2 aromatic carbocycles. The minimum absolute atomic E-state index is 0.00517. The third-order valence-electron chi connectivity index (χ3n) is 6.08. The lowest BCUT2D eigenvalue weighted by atomic mass is 9.81. The number of benzene rings is 2. The van der Waals surface area contributed by atoms with Gasteiger partial charge in [0.25, 0.3) is 5.89 Å². The van der Waals surface area contributed by atoms with Gasteiger partial charge in [0.15, 0.2) is 0 Å². The van der Waals surface area contributed by atoms with Crippen molar-refractivity contribution in [3.8, 4) is 22.8 Å². The lowest BCUT2D eigenvalue weighted by Crippen LogP contribution is -2.14. The molecule has 6 nitrogen and oxygen atoms in total. The third-order valence-corrected chi connectivity index (χ3v) is 7.09. The maximum Gasteiger partial charge on any atom is 0.416 e. The lowest BCUT2D eigenvalue weighted by Gasteiger charge is -2.25. The molecule has 0 amide bonds. The summed E-state index contributed by atoms with van der Waals surface area (Å²) in [6.45, 7) is 1.78. The summed E-state index contributed by atoms with van der Waals surface area (Å²) in [5, 5.41) is 9.13. The maximum absolute atomic E-state index is 13.9. The van der Waals surface area contributed by atoms with E-state index in [2.05, 4.69) is 10.1 Å². The molecular formula is C23H24F3N3O3S. The number of nitrogens with zero attached hydrogens (tertiary/aromatic N) is 2. The first kappa shape index (κ1) is 23.4. The Bertz CT molecular complexity index is 1260. The van der Waals surface area contributed by atoms with Crippen LogP contribution in [0.1, 0.15) is 61.6 Å². The second kappa shape index (κ2) is 8.90. The van der Waals surface area contributed by atoms with Crippen molar-refractivity contribution in [2.24, 2.45) is 5.14 Å². The van der Waals surface area contributed by atoms with Crippen LogP contribution in [0.25, 0.3) is 22.8 Å². The van der Waals surface area contributed by atoms with Crippen LogP contribution in [0, 0.1) is 0 Å². The lowest BCUT2D eigenvalue weighted by molar-refractivity contribution is -0.138. The first-order valence-electron chi connectivity index (χ1n) is 10.8. The quantitative estimate of drug-likeness (QED) is 0.508. The zero-order chi connectivity index (χ0) is 23.8. The molecule has 0 radical (unpaired) electrons. The number of hydrogen-bond donors (Lipinski definition) is 1. The van der Waals surface area contributed by atoms with Gasteiger partial charge in [-0.2, -0.15) is 18.2 Å². The Morgan fingerprint density at radius 3 is 2.39 bits per heavy atom. The fourth-order valence-electron chi connectivity index (χ4n) is 4.43. The molecule has 1 fully saturated rings. The van der Waals surface area contributed by atoms with Gasteiger partial charge in [0.05, 0.1) is 10.5 Å². The molecule has 0 aliphatic heterocycles. The Morgan fingerprint density at radius 1 is 1.06 bits per heavy atom. The van der Waals surface area contributed by atoms with Crippen LogP contribution in [0.4, 0.5) is 13.2 Å². The smallest absolute Gasteiger partial charge is 0.334 e. The van der Waals surface area contributed by atoms with Crippen LogP contribution in [0.15, 0.2) is 45.8 Å². The topological polar surface area (TPSA) is 99.1 Å². The van der Waals surface area contributed by atoms with E-state index >= 15 is 0 Å². The maximum atomic E-state index is 13.9. The standard InChI is InChI=1S/C23H24F3N3O3S/c1-2-14-12-16(9-11-20(14)33(27,30)31)21-28-22(32-29-21)17-8-10-18(15-6-4-3-5-7-15)19(13-17)23(24,25)26/h8-13,15H,2-7H2,1H3,(H2,27,30,31). The number of aryl methyl sites for hydroxylation is 1. The molecule has 176 valence electrons. The van der Waals surface area contributed by atoms with Crippen LogP contribution in [0.2, 0.25) is 0 Å². The number of aromatic nitrogens is 2. The van der Waals surface area contributed by atoms with E-state index < -0.39 is 21.8 Å². The molecule has 3 aromatic rings. The summed E-state index contributed by atoms with van der Waals surface area (Å²) < 4.78 is 70.3. The predicted molar refractivity (Wildman–Crippen MR) is 117 cm³/mol. The minimum Gasteiger partial charge on any atom is -0.334 e. The van der Waals surface area contributed by atoms with Gasteiger partial charge in [-0.15, -0.1) is 0 Å². The summed E-state index contributed by atoms with van der Waals surface area (Å²) in [5.41, 5.74) is 0.786. The van der Waals surface area contributed by atoms with E-state index in [9.17, 15) is 21.6 Å². The van der Waals surface area contributed by atoms with Gasteiger partial charge >= 0.3 is 6.18 Å². The fraction of sp³-hybridized carbons (Fsp3) is 0.391. The summed E-state index contributed by atoms with van der Waals surface area (Å²) in [6, 6.07) is 8.61. The van der Waals surface area contributed by atoms with Crippen LogP contribution >= 0.6 is 0 Å². The molecule has 4 rings (SSSR count). The number of alkyl halides is 3. The summed E-state index contributed by atoms with van der Waals surface area (Å²) in [7, 11) is -3.89. The highest BCUT2D eigenvalue weighted by atomic mass is 32.2. The number of primary sulfonamides is 1. The van der Waals surface area contributed by atoms with Gasteiger partial charge in [0.2, 0.25) is 15.8 Å². The van der Waals surface area contributed by atoms with Crippen molar-refractivity contribution in [1.82, 2.24) is 10.1 Å². The van der Waals surface area contributed by atoms with Gasteiger partial charge < -0.3 is 4.52 Å². The summed E-state index contributed by atoms with van der Waals surface area (Å²) >= 11 is 0. The van der Waals surface area contributed by atoms with E-state index in [-0.39, 0.29) is 28.1 Å². The Hall–Kier alpha value is -2.72. The van der Waals surface area contributed by atoms with E-state index in [1.807, 2.05) is 0 Å². The van der Waals surface area contributed by atoms with Crippen molar-refractivity contribution in [3.05, 3.63) is 53.1 Å². The molecule has 1 aliphatic rings. The van der Waals surface area contributed by atoms with Gasteiger partial charge in [-0.05, 0) is 66.6 Å². The number of nitrogens with two attached hydrogens (primary N) is 1. The number of halogens is 3. The molecular weight excluding hydrogens is 455 g/mol. The van der Waals surface area contributed by atoms with E-state index in [1.54, 1.807) is 19.1 Å². The highest BCUT2D eigenvalue weighted by Crippen LogP contribution is 2.42. The summed E-state index contributed by atoms with van der Waals surface area (Å²) in [6.07, 6.45) is 0.329. The molecule has 0 spiro atoms. The molecule has 0 saturated heterocycles. The van der Waals surface area contributed by atoms with Crippen molar-refractivity contribution >= 4 is 10.0 Å². The summed E-state index contributed by atoms with van der Waals surface area (Å²) in [5.74, 6) is -0.00248. The SMILES string of the molecule is CCc1cc(-c2noc(-c3ccc(C4CCCCC4)c(C(F)(F)F)c3)n2)ccc1S(N)(=O)=O. The van der Waals surface area contributed by atoms with Crippen molar-refractivity contribution < 1.29 is 26.1 Å². The number of rotatable bonds is 5. The van der Waals surface area contributed by atoms with Crippen LogP contribution < -0.4 is 5.14 Å². The zero-order valence-corrected chi connectivity index (χ0v) is 18.8. The van der Waals surface area contributed by atoms with Crippen molar-refractivity contribution in [2.75, 3.05) is 0 Å². The molecule has 1 saturated carbocycles. The molecule has 10 heteroatoms. The van der Waals surface area contributed by atoms with Gasteiger partial charge in [0, 0.05) is 11.1 Å². The first-order chi connectivity index (χ1) is 15.6. The van der Waals surface area contributed by atoms with E-state index in [4.69, 9.17) is 9.66 Å². The average Bonchev–Trinajstić information content (AvgIpc) is 3.28. The van der Waals surface area contributed by atoms with E-state index in [1.165, 1.54) is 18.2 Å². The summed E-state index contributed by atoms with van der Waals surface area (Å²) in [4.78, 5) is 4.26. The van der Waals surface area contributed by atoms with Crippen molar-refractivity contribution in [3.63, 3.8) is 0 Å². The highest BCUT2D eigenvalue weighted by Gasteiger charge is 2.36. The molecule has 1 aromatic heterocycles. The van der Waals surface area contributed by atoms with Crippen molar-refractivity contribution in [1.29, 1.82) is 0 Å². The molecule has 1 aliphatic carbocycles. The van der Waals surface area contributed by atoms with Crippen LogP contribution in [-0.2, 0) is 22.6 Å². The molecule has 0 unspecified atom stereocenters. The van der Waals surface area contributed by atoms with Crippen molar-refractivity contribution in [2.45, 2.75) is 62.4 Å².